The molecule has 2 saturated heterocycles. The molecule has 9 nitrogen and oxygen atoms in total. The molecular weight excluding hydrogens is 469 g/mol. The number of benzene rings is 1. The van der Waals surface area contributed by atoms with E-state index in [0.29, 0.717) is 56.1 Å². The molecule has 0 aliphatic carbocycles. The second-order valence-electron chi connectivity index (χ2n) is 8.35. The average molecular weight is 497 g/mol. The number of ether oxygens (including phenoxy) is 5. The summed E-state index contributed by atoms with van der Waals surface area (Å²) in [6.07, 6.45) is 2.20. The summed E-state index contributed by atoms with van der Waals surface area (Å²) in [5.74, 6) is -0.603. The number of fused-ring (bicyclic) bond motifs is 1. The standard InChI is InChI=1S/C23H27N3O6S.Na/c1-16-19(13-33(27)21-25-17-5-3-4-6-18(17)26-21)24-9-7-20(16)28-10-8-22(2)31-14-23(15-32-22)29-11-12-30-23;/h3-7,9H,8,10-15H2,1-2H3,(H,25,26);. The maximum atomic E-state index is 12.9. The van der Waals surface area contributed by atoms with Gasteiger partial charge < -0.3 is 28.7 Å². The van der Waals surface area contributed by atoms with Crippen LogP contribution >= 0.6 is 0 Å². The van der Waals surface area contributed by atoms with Crippen molar-refractivity contribution in [3.05, 3.63) is 47.8 Å². The van der Waals surface area contributed by atoms with Crippen LogP contribution in [0.25, 0.3) is 11.0 Å². The molecule has 3 aromatic rings. The minimum atomic E-state index is -1.35. The number of para-hydroxylation sites is 2. The van der Waals surface area contributed by atoms with Crippen molar-refractivity contribution in [2.75, 3.05) is 33.0 Å². The third-order valence-corrected chi connectivity index (χ3v) is 7.09. The summed E-state index contributed by atoms with van der Waals surface area (Å²) in [6, 6.07) is 9.43. The number of nitrogens with one attached hydrogen (secondary N) is 1. The van der Waals surface area contributed by atoms with Gasteiger partial charge in [-0.25, -0.2) is 4.98 Å². The summed E-state index contributed by atoms with van der Waals surface area (Å²) in [6.45, 7) is 5.96. The number of imidazole rings is 1. The van der Waals surface area contributed by atoms with E-state index in [9.17, 15) is 4.21 Å². The summed E-state index contributed by atoms with van der Waals surface area (Å²) < 4.78 is 42.0. The molecule has 1 unspecified atom stereocenters. The number of hydrogen-bond acceptors (Lipinski definition) is 8. The Morgan fingerprint density at radius 3 is 2.59 bits per heavy atom. The van der Waals surface area contributed by atoms with Crippen molar-refractivity contribution in [1.82, 2.24) is 15.0 Å². The molecule has 177 valence electrons. The van der Waals surface area contributed by atoms with Gasteiger partial charge in [0.25, 0.3) is 0 Å². The molecule has 0 bridgehead atoms. The van der Waals surface area contributed by atoms with E-state index < -0.39 is 22.4 Å². The third kappa shape index (κ3) is 5.55. The summed E-state index contributed by atoms with van der Waals surface area (Å²) >= 11 is 0. The van der Waals surface area contributed by atoms with Crippen LogP contribution in [-0.2, 0) is 35.5 Å². The van der Waals surface area contributed by atoms with Crippen LogP contribution < -0.4 is 4.74 Å². The Morgan fingerprint density at radius 2 is 1.85 bits per heavy atom. The quantitative estimate of drug-likeness (QED) is 0.498. The van der Waals surface area contributed by atoms with Crippen LogP contribution in [0.1, 0.15) is 24.6 Å². The fourth-order valence-corrected chi connectivity index (χ4v) is 4.95. The number of hydrogen-bond donors (Lipinski definition) is 1. The molecule has 1 radical (unpaired) electrons. The van der Waals surface area contributed by atoms with Crippen LogP contribution in [0.2, 0.25) is 0 Å². The molecule has 2 aliphatic heterocycles. The van der Waals surface area contributed by atoms with E-state index >= 15 is 0 Å². The zero-order valence-electron chi connectivity index (χ0n) is 19.7. The molecule has 11 heteroatoms. The monoisotopic (exact) mass is 496 g/mol. The Balaban J connectivity index is 0.00000274. The summed E-state index contributed by atoms with van der Waals surface area (Å²) in [4.78, 5) is 12.0. The number of pyridine rings is 1. The van der Waals surface area contributed by atoms with Gasteiger partial charge in [-0.05, 0) is 32.0 Å². The van der Waals surface area contributed by atoms with Crippen molar-refractivity contribution in [2.24, 2.45) is 0 Å². The van der Waals surface area contributed by atoms with E-state index in [-0.39, 0.29) is 35.3 Å². The van der Waals surface area contributed by atoms with Crippen LogP contribution in [0.5, 0.6) is 5.75 Å². The Labute approximate surface area is 222 Å². The van der Waals surface area contributed by atoms with Gasteiger partial charge in [0.15, 0.2) is 10.9 Å². The Kier molecular flexibility index (Phi) is 8.10. The molecule has 1 atom stereocenters. The number of rotatable bonds is 7. The van der Waals surface area contributed by atoms with E-state index in [0.717, 1.165) is 16.6 Å². The van der Waals surface area contributed by atoms with Crippen molar-refractivity contribution in [3.63, 3.8) is 0 Å². The van der Waals surface area contributed by atoms with Gasteiger partial charge in [-0.1, -0.05) is 12.1 Å². The van der Waals surface area contributed by atoms with Gasteiger partial charge >= 0.3 is 0 Å². The minimum absolute atomic E-state index is 0. The largest absolute Gasteiger partial charge is 0.493 e. The molecule has 2 aliphatic rings. The van der Waals surface area contributed by atoms with Crippen LogP contribution in [-0.4, -0.2) is 93.3 Å². The molecule has 2 fully saturated rings. The Bertz CT molecular complexity index is 1120. The van der Waals surface area contributed by atoms with Gasteiger partial charge in [-0.3, -0.25) is 9.19 Å². The van der Waals surface area contributed by atoms with Gasteiger partial charge in [0.1, 0.15) is 19.0 Å². The first kappa shape index (κ1) is 25.7. The number of aromatic nitrogens is 3. The van der Waals surface area contributed by atoms with Crippen molar-refractivity contribution in [1.29, 1.82) is 0 Å². The molecule has 1 spiro atoms. The van der Waals surface area contributed by atoms with Crippen LogP contribution in [0, 0.1) is 6.92 Å². The Morgan fingerprint density at radius 1 is 1.12 bits per heavy atom. The predicted octanol–water partition coefficient (Wildman–Crippen LogP) is 2.47. The molecule has 5 rings (SSSR count). The maximum absolute atomic E-state index is 12.9. The molecule has 1 N–H and O–H groups in total. The minimum Gasteiger partial charge on any atom is -0.493 e. The molecule has 34 heavy (non-hydrogen) atoms. The first-order valence-corrected chi connectivity index (χ1v) is 12.2. The van der Waals surface area contributed by atoms with E-state index in [1.807, 2.05) is 44.2 Å². The van der Waals surface area contributed by atoms with Gasteiger partial charge in [0, 0.05) is 47.7 Å². The fourth-order valence-electron chi connectivity index (χ4n) is 3.85. The van der Waals surface area contributed by atoms with Gasteiger partial charge in [-0.15, -0.1) is 0 Å². The van der Waals surface area contributed by atoms with Crippen molar-refractivity contribution >= 4 is 51.4 Å². The number of H-pyrrole nitrogens is 1. The van der Waals surface area contributed by atoms with E-state index in [2.05, 4.69) is 15.0 Å². The fraction of sp³-hybridized carbons (Fsp3) is 0.478. The van der Waals surface area contributed by atoms with Crippen molar-refractivity contribution in [3.8, 4) is 5.75 Å². The maximum Gasteiger partial charge on any atom is 0.216 e. The van der Waals surface area contributed by atoms with E-state index in [1.54, 1.807) is 6.20 Å². The second-order valence-corrected chi connectivity index (χ2v) is 9.71. The molecule has 4 heterocycles. The zero-order valence-corrected chi connectivity index (χ0v) is 22.5. The van der Waals surface area contributed by atoms with Crippen molar-refractivity contribution < 1.29 is 27.9 Å². The molecule has 0 amide bonds. The molecule has 1 aromatic carbocycles. The number of nitrogens with zero attached hydrogens (tertiary/aromatic N) is 2. The van der Waals surface area contributed by atoms with Crippen LogP contribution in [0.15, 0.2) is 41.7 Å². The van der Waals surface area contributed by atoms with Gasteiger partial charge in [0.05, 0.1) is 53.1 Å². The molecule has 2 aromatic heterocycles. The molecule has 0 saturated carbocycles. The molecular formula is C23H27N3NaO6S. The van der Waals surface area contributed by atoms with Gasteiger partial charge in [0.2, 0.25) is 5.79 Å². The van der Waals surface area contributed by atoms with Crippen LogP contribution in [0.3, 0.4) is 0 Å². The smallest absolute Gasteiger partial charge is 0.216 e. The topological polar surface area (TPSA) is 105 Å². The van der Waals surface area contributed by atoms with Gasteiger partial charge in [-0.2, -0.15) is 0 Å². The van der Waals surface area contributed by atoms with E-state index in [4.69, 9.17) is 23.7 Å². The third-order valence-electron chi connectivity index (χ3n) is 5.93. The normalized spacial score (nSPS) is 19.7. The predicted molar refractivity (Wildman–Crippen MR) is 126 cm³/mol. The van der Waals surface area contributed by atoms with Crippen LogP contribution in [0.4, 0.5) is 0 Å². The Hall–Kier alpha value is -1.37. The summed E-state index contributed by atoms with van der Waals surface area (Å²) in [5.41, 5.74) is 3.21. The first-order chi connectivity index (χ1) is 16.0. The second kappa shape index (κ2) is 10.7. The summed E-state index contributed by atoms with van der Waals surface area (Å²) in [5, 5.41) is 0.441. The SMILES string of the molecule is Cc1c(OCCC2(C)OCC3(CO2)OCCO3)ccnc1CS(=O)c1nc2ccccc2[nH]1.[Na]. The average Bonchev–Trinajstić information content (AvgIpc) is 3.46. The zero-order chi connectivity index (χ0) is 22.9. The van der Waals surface area contributed by atoms with E-state index in [1.165, 1.54) is 0 Å². The number of aromatic amines is 1. The first-order valence-electron chi connectivity index (χ1n) is 10.9. The summed E-state index contributed by atoms with van der Waals surface area (Å²) in [7, 11) is -1.35. The van der Waals surface area contributed by atoms with Crippen molar-refractivity contribution in [2.45, 2.75) is 42.8 Å².